The number of halogens is 2. The zero-order chi connectivity index (χ0) is 23.0. The van der Waals surface area contributed by atoms with Gasteiger partial charge >= 0.3 is 12.3 Å². The van der Waals surface area contributed by atoms with Gasteiger partial charge in [0.25, 0.3) is 11.5 Å². The minimum absolute atomic E-state index is 0.0353. The first-order valence-corrected chi connectivity index (χ1v) is 9.45. The van der Waals surface area contributed by atoms with Crippen LogP contribution in [0.5, 0.6) is 5.75 Å². The molecule has 1 aromatic carbocycles. The van der Waals surface area contributed by atoms with Crippen LogP contribution in [0.1, 0.15) is 18.9 Å². The van der Waals surface area contributed by atoms with Crippen molar-refractivity contribution in [1.29, 1.82) is 0 Å². The Hall–Kier alpha value is -3.47. The first-order valence-electron chi connectivity index (χ1n) is 9.45. The van der Waals surface area contributed by atoms with Gasteiger partial charge in [-0.15, -0.1) is 0 Å². The molecule has 0 saturated carbocycles. The van der Waals surface area contributed by atoms with Crippen molar-refractivity contribution in [3.8, 4) is 5.75 Å². The fraction of sp³-hybridized carbons (Fsp3) is 0.350. The Morgan fingerprint density at radius 2 is 2.03 bits per heavy atom. The lowest BCUT2D eigenvalue weighted by atomic mass is 10.2. The lowest BCUT2D eigenvalue weighted by molar-refractivity contribution is -0.114. The number of hydrogen-bond donors (Lipinski definition) is 2. The number of carbonyl (C=O) groups is 1. The number of ether oxygens (including phenoxy) is 2. The Balaban J connectivity index is 2.46. The van der Waals surface area contributed by atoms with Crippen molar-refractivity contribution in [2.24, 2.45) is 0 Å². The average Bonchev–Trinajstić information content (AvgIpc) is 2.72. The second-order valence-electron chi connectivity index (χ2n) is 6.38. The highest BCUT2D eigenvalue weighted by Gasteiger charge is 2.22. The van der Waals surface area contributed by atoms with Gasteiger partial charge in [0.1, 0.15) is 11.6 Å². The molecule has 1 heterocycles. The van der Waals surface area contributed by atoms with E-state index in [-0.39, 0.29) is 42.5 Å². The smallest absolute Gasteiger partial charge is 0.387 e. The highest BCUT2D eigenvalue weighted by atomic mass is 19.3. The summed E-state index contributed by atoms with van der Waals surface area (Å²) in [4.78, 5) is 40.7. The standard InChI is InChI=1S/C20H24F2N4O5/c1-3-10-26-17(23)16(18(28)24-20(26)29)25(11-12-30-2)15(27)9-8-13-6-4-5-7-14(13)31-19(21)22/h4-9,19H,3,10-12,23H2,1-2H3,(H,24,28,29)/b9-8+. The first-order chi connectivity index (χ1) is 14.8. The van der Waals surface area contributed by atoms with E-state index in [0.717, 1.165) is 11.0 Å². The summed E-state index contributed by atoms with van der Waals surface area (Å²) in [5.41, 5.74) is 4.58. The van der Waals surface area contributed by atoms with Crippen molar-refractivity contribution in [1.82, 2.24) is 9.55 Å². The molecule has 168 valence electrons. The number of alkyl halides is 2. The Morgan fingerprint density at radius 1 is 1.32 bits per heavy atom. The second kappa shape index (κ2) is 11.1. The number of nitrogens with two attached hydrogens (primary N) is 1. The molecule has 31 heavy (non-hydrogen) atoms. The number of benzene rings is 1. The molecule has 0 unspecified atom stereocenters. The molecule has 0 spiro atoms. The summed E-state index contributed by atoms with van der Waals surface area (Å²) in [7, 11) is 1.42. The SMILES string of the molecule is CCCn1c(N)c(N(CCOC)C(=O)/C=C/c2ccccc2OC(F)F)c(=O)[nH]c1=O. The van der Waals surface area contributed by atoms with Gasteiger partial charge < -0.3 is 15.2 Å². The van der Waals surface area contributed by atoms with Crippen LogP contribution in [0, 0.1) is 0 Å². The highest BCUT2D eigenvalue weighted by molar-refractivity contribution is 6.05. The molecule has 2 aromatic rings. The van der Waals surface area contributed by atoms with Crippen LogP contribution in [-0.4, -0.2) is 42.3 Å². The van der Waals surface area contributed by atoms with E-state index in [4.69, 9.17) is 10.5 Å². The van der Waals surface area contributed by atoms with Gasteiger partial charge in [-0.3, -0.25) is 24.0 Å². The Bertz CT molecular complexity index is 1050. The van der Waals surface area contributed by atoms with Crippen molar-refractivity contribution in [3.63, 3.8) is 0 Å². The number of para-hydroxylation sites is 1. The molecular weight excluding hydrogens is 414 g/mol. The van der Waals surface area contributed by atoms with Crippen LogP contribution in [0.3, 0.4) is 0 Å². The molecule has 3 N–H and O–H groups in total. The summed E-state index contributed by atoms with van der Waals surface area (Å²) in [5, 5.41) is 0. The third-order valence-corrected chi connectivity index (χ3v) is 4.26. The molecule has 11 heteroatoms. The number of nitrogens with one attached hydrogen (secondary N) is 1. The maximum atomic E-state index is 12.9. The molecule has 0 aliphatic rings. The van der Waals surface area contributed by atoms with E-state index in [1.54, 1.807) is 6.07 Å². The van der Waals surface area contributed by atoms with Gasteiger partial charge in [-0.05, 0) is 18.6 Å². The van der Waals surface area contributed by atoms with E-state index in [2.05, 4.69) is 9.72 Å². The minimum atomic E-state index is -3.03. The molecule has 1 amide bonds. The van der Waals surface area contributed by atoms with Crippen molar-refractivity contribution >= 4 is 23.5 Å². The molecule has 0 aliphatic carbocycles. The summed E-state index contributed by atoms with van der Waals surface area (Å²) < 4.78 is 35.8. The third kappa shape index (κ3) is 6.01. The number of anilines is 2. The van der Waals surface area contributed by atoms with Crippen LogP contribution < -0.4 is 26.6 Å². The average molecular weight is 438 g/mol. The fourth-order valence-corrected chi connectivity index (χ4v) is 2.87. The number of amides is 1. The van der Waals surface area contributed by atoms with E-state index in [9.17, 15) is 23.2 Å². The molecule has 0 aliphatic heterocycles. The van der Waals surface area contributed by atoms with Crippen LogP contribution in [0.25, 0.3) is 6.08 Å². The van der Waals surface area contributed by atoms with Crippen LogP contribution in [-0.2, 0) is 16.1 Å². The number of methoxy groups -OCH3 is 1. The molecule has 1 aromatic heterocycles. The van der Waals surface area contributed by atoms with Crippen LogP contribution in [0.15, 0.2) is 39.9 Å². The van der Waals surface area contributed by atoms with Crippen LogP contribution in [0.4, 0.5) is 20.3 Å². The quantitative estimate of drug-likeness (QED) is 0.546. The number of carbonyl (C=O) groups excluding carboxylic acids is 1. The summed E-state index contributed by atoms with van der Waals surface area (Å²) in [6.45, 7) is -0.911. The van der Waals surface area contributed by atoms with E-state index >= 15 is 0 Å². The van der Waals surface area contributed by atoms with Crippen molar-refractivity contribution in [2.75, 3.05) is 30.9 Å². The highest BCUT2D eigenvalue weighted by Crippen LogP contribution is 2.22. The lowest BCUT2D eigenvalue weighted by Gasteiger charge is -2.23. The van der Waals surface area contributed by atoms with Gasteiger partial charge in [-0.25, -0.2) is 4.79 Å². The minimum Gasteiger partial charge on any atom is -0.434 e. The van der Waals surface area contributed by atoms with Gasteiger partial charge in [0, 0.05) is 31.8 Å². The van der Waals surface area contributed by atoms with Crippen molar-refractivity contribution in [3.05, 3.63) is 56.7 Å². The molecule has 2 rings (SSSR count). The third-order valence-electron chi connectivity index (χ3n) is 4.26. The van der Waals surface area contributed by atoms with Gasteiger partial charge in [-0.1, -0.05) is 25.1 Å². The number of hydrogen-bond acceptors (Lipinski definition) is 6. The van der Waals surface area contributed by atoms with E-state index in [0.29, 0.717) is 6.42 Å². The maximum absolute atomic E-state index is 12.9. The number of aromatic nitrogens is 2. The molecule has 0 saturated heterocycles. The van der Waals surface area contributed by atoms with Gasteiger partial charge in [-0.2, -0.15) is 8.78 Å². The van der Waals surface area contributed by atoms with E-state index < -0.39 is 23.8 Å². The summed E-state index contributed by atoms with van der Waals surface area (Å²) >= 11 is 0. The predicted octanol–water partition coefficient (Wildman–Crippen LogP) is 1.82. The van der Waals surface area contributed by atoms with Gasteiger partial charge in [0.15, 0.2) is 5.69 Å². The molecule has 0 radical (unpaired) electrons. The Morgan fingerprint density at radius 3 is 2.68 bits per heavy atom. The second-order valence-corrected chi connectivity index (χ2v) is 6.38. The Kier molecular flexibility index (Phi) is 8.50. The fourth-order valence-electron chi connectivity index (χ4n) is 2.87. The summed E-state index contributed by atoms with van der Waals surface area (Å²) in [6, 6.07) is 5.93. The van der Waals surface area contributed by atoms with E-state index in [1.165, 1.54) is 36.0 Å². The molecule has 0 fully saturated rings. The largest absolute Gasteiger partial charge is 0.434 e. The number of aromatic amines is 1. The van der Waals surface area contributed by atoms with Crippen LogP contribution in [0.2, 0.25) is 0 Å². The number of nitrogens with zero attached hydrogens (tertiary/aromatic N) is 2. The molecule has 9 nitrogen and oxygen atoms in total. The number of nitrogen functional groups attached to an aromatic ring is 1. The van der Waals surface area contributed by atoms with Crippen molar-refractivity contribution in [2.45, 2.75) is 26.5 Å². The molecule has 0 bridgehead atoms. The molecule has 0 atom stereocenters. The normalized spacial score (nSPS) is 11.3. The lowest BCUT2D eigenvalue weighted by Crippen LogP contribution is -2.42. The topological polar surface area (TPSA) is 120 Å². The van der Waals surface area contributed by atoms with Crippen molar-refractivity contribution < 1.29 is 23.0 Å². The van der Waals surface area contributed by atoms with Gasteiger partial charge in [0.05, 0.1) is 6.61 Å². The zero-order valence-corrected chi connectivity index (χ0v) is 17.1. The van der Waals surface area contributed by atoms with Crippen LogP contribution >= 0.6 is 0 Å². The van der Waals surface area contributed by atoms with Gasteiger partial charge in [0.2, 0.25) is 0 Å². The van der Waals surface area contributed by atoms with E-state index in [1.807, 2.05) is 6.92 Å². The summed E-state index contributed by atoms with van der Waals surface area (Å²) in [6.07, 6.45) is 2.95. The Labute approximate surface area is 176 Å². The first kappa shape index (κ1) is 23.8. The maximum Gasteiger partial charge on any atom is 0.387 e. The summed E-state index contributed by atoms with van der Waals surface area (Å²) in [5.74, 6) is -0.934. The number of rotatable bonds is 10. The monoisotopic (exact) mass is 438 g/mol. The zero-order valence-electron chi connectivity index (χ0n) is 17.1. The predicted molar refractivity (Wildman–Crippen MR) is 112 cm³/mol. The number of H-pyrrole nitrogens is 1. The molecular formula is C20H24F2N4O5.